The molecule has 0 aromatic carbocycles. The number of methoxy groups -OCH3 is 1. The van der Waals surface area contributed by atoms with Crippen molar-refractivity contribution in [3.8, 4) is 5.75 Å². The molecule has 1 N–H and O–H groups in total. The second-order valence-corrected chi connectivity index (χ2v) is 4.60. The quantitative estimate of drug-likeness (QED) is 0.856. The van der Waals surface area contributed by atoms with Gasteiger partial charge in [-0.25, -0.2) is 0 Å². The summed E-state index contributed by atoms with van der Waals surface area (Å²) in [5.74, 6) is 1.80. The highest BCUT2D eigenvalue weighted by atomic mass is 16.5. The summed E-state index contributed by atoms with van der Waals surface area (Å²) >= 11 is 0. The molecule has 0 bridgehead atoms. The lowest BCUT2D eigenvalue weighted by molar-refractivity contribution is 0.167. The highest BCUT2D eigenvalue weighted by Gasteiger charge is 2.22. The van der Waals surface area contributed by atoms with Crippen LogP contribution in [0.1, 0.15) is 37.8 Å². The Hall–Kier alpha value is -1.55. The van der Waals surface area contributed by atoms with Crippen LogP contribution in [-0.4, -0.2) is 25.2 Å². The molecule has 0 saturated heterocycles. The number of pyridine rings is 1. The van der Waals surface area contributed by atoms with Gasteiger partial charge in [0.25, 0.3) is 0 Å². The Balaban J connectivity index is 2.27. The lowest BCUT2D eigenvalue weighted by Crippen LogP contribution is -2.26. The Kier molecular flexibility index (Phi) is 5.21. The van der Waals surface area contributed by atoms with Crippen LogP contribution in [0.3, 0.4) is 0 Å². The van der Waals surface area contributed by atoms with Crippen molar-refractivity contribution in [2.45, 2.75) is 32.2 Å². The Labute approximate surface area is 114 Å². The second kappa shape index (κ2) is 7.14. The van der Waals surface area contributed by atoms with Crippen LogP contribution in [0.25, 0.3) is 0 Å². The number of ether oxygens (including phenoxy) is 2. The normalized spacial score (nSPS) is 16.4. The van der Waals surface area contributed by atoms with E-state index in [1.165, 1.54) is 0 Å². The minimum Gasteiger partial charge on any atom is -0.496 e. The van der Waals surface area contributed by atoms with Crippen LogP contribution in [0.15, 0.2) is 30.3 Å². The minimum absolute atomic E-state index is 0.0539. The fourth-order valence-corrected chi connectivity index (χ4v) is 2.23. The first-order valence-corrected chi connectivity index (χ1v) is 6.91. The zero-order valence-electron chi connectivity index (χ0n) is 11.7. The van der Waals surface area contributed by atoms with Gasteiger partial charge >= 0.3 is 0 Å². The van der Waals surface area contributed by atoms with Gasteiger partial charge in [0.15, 0.2) is 0 Å². The number of hydrogen-bond acceptors (Lipinski definition) is 4. The molecule has 104 valence electrons. The predicted molar refractivity (Wildman–Crippen MR) is 75.1 cm³/mol. The van der Waals surface area contributed by atoms with E-state index in [0.717, 1.165) is 49.5 Å². The zero-order valence-corrected chi connectivity index (χ0v) is 11.7. The highest BCUT2D eigenvalue weighted by Crippen LogP contribution is 2.31. The highest BCUT2D eigenvalue weighted by molar-refractivity contribution is 5.37. The summed E-state index contributed by atoms with van der Waals surface area (Å²) in [7, 11) is 1.67. The maximum atomic E-state index is 5.81. The Morgan fingerprint density at radius 3 is 3.11 bits per heavy atom. The summed E-state index contributed by atoms with van der Waals surface area (Å²) in [6, 6.07) is 2.04. The standard InChI is InChI=1S/C15H22N2O2/c1-3-8-17-15(13-6-4-5-10-19-13)12-7-9-16-11-14(12)18-2/h6-7,9,11,15,17H,3-5,8,10H2,1-2H3. The molecule has 1 aromatic heterocycles. The van der Waals surface area contributed by atoms with E-state index in [9.17, 15) is 0 Å². The molecule has 0 saturated carbocycles. The van der Waals surface area contributed by atoms with Crippen LogP contribution in [0, 0.1) is 0 Å². The van der Waals surface area contributed by atoms with Gasteiger partial charge in [0.2, 0.25) is 0 Å². The van der Waals surface area contributed by atoms with Crippen LogP contribution < -0.4 is 10.1 Å². The van der Waals surface area contributed by atoms with Crippen molar-refractivity contribution in [1.29, 1.82) is 0 Å². The predicted octanol–water partition coefficient (Wildman–Crippen LogP) is 2.83. The van der Waals surface area contributed by atoms with Gasteiger partial charge < -0.3 is 14.8 Å². The monoisotopic (exact) mass is 262 g/mol. The first kappa shape index (κ1) is 13.9. The topological polar surface area (TPSA) is 43.4 Å². The van der Waals surface area contributed by atoms with Crippen molar-refractivity contribution in [2.75, 3.05) is 20.3 Å². The van der Waals surface area contributed by atoms with Crippen molar-refractivity contribution in [2.24, 2.45) is 0 Å². The van der Waals surface area contributed by atoms with Gasteiger partial charge in [-0.1, -0.05) is 6.92 Å². The molecule has 1 aliphatic heterocycles. The van der Waals surface area contributed by atoms with Crippen molar-refractivity contribution in [1.82, 2.24) is 10.3 Å². The summed E-state index contributed by atoms with van der Waals surface area (Å²) in [5.41, 5.74) is 1.08. The third-order valence-electron chi connectivity index (χ3n) is 3.19. The van der Waals surface area contributed by atoms with Crippen LogP contribution >= 0.6 is 0 Å². The summed E-state index contributed by atoms with van der Waals surface area (Å²) < 4.78 is 11.2. The number of rotatable bonds is 6. The molecule has 4 nitrogen and oxygen atoms in total. The molecule has 4 heteroatoms. The van der Waals surface area contributed by atoms with Gasteiger partial charge in [-0.15, -0.1) is 0 Å². The lowest BCUT2D eigenvalue weighted by Gasteiger charge is -2.26. The van der Waals surface area contributed by atoms with E-state index in [1.807, 2.05) is 6.07 Å². The fourth-order valence-electron chi connectivity index (χ4n) is 2.23. The first-order valence-electron chi connectivity index (χ1n) is 6.91. The lowest BCUT2D eigenvalue weighted by atomic mass is 10.0. The number of hydrogen-bond donors (Lipinski definition) is 1. The molecule has 2 rings (SSSR count). The minimum atomic E-state index is 0.0539. The molecule has 1 aliphatic rings. The molecular formula is C15H22N2O2. The largest absolute Gasteiger partial charge is 0.496 e. The molecular weight excluding hydrogens is 240 g/mol. The summed E-state index contributed by atoms with van der Waals surface area (Å²) in [4.78, 5) is 4.11. The fraction of sp³-hybridized carbons (Fsp3) is 0.533. The van der Waals surface area contributed by atoms with E-state index in [-0.39, 0.29) is 6.04 Å². The van der Waals surface area contributed by atoms with Gasteiger partial charge in [0, 0.05) is 11.8 Å². The van der Waals surface area contributed by atoms with Gasteiger partial charge in [0.05, 0.1) is 26.0 Å². The third-order valence-corrected chi connectivity index (χ3v) is 3.19. The molecule has 0 amide bonds. The zero-order chi connectivity index (χ0) is 13.5. The van der Waals surface area contributed by atoms with Crippen LogP contribution in [0.5, 0.6) is 5.75 Å². The average Bonchev–Trinajstić information content (AvgIpc) is 2.49. The molecule has 1 atom stereocenters. The van der Waals surface area contributed by atoms with Crippen LogP contribution in [0.4, 0.5) is 0 Å². The van der Waals surface area contributed by atoms with E-state index in [1.54, 1.807) is 19.5 Å². The number of nitrogens with zero attached hydrogens (tertiary/aromatic N) is 1. The van der Waals surface area contributed by atoms with Crippen LogP contribution in [0.2, 0.25) is 0 Å². The number of aromatic nitrogens is 1. The molecule has 19 heavy (non-hydrogen) atoms. The molecule has 0 spiro atoms. The molecule has 0 aliphatic carbocycles. The van der Waals surface area contributed by atoms with Gasteiger partial charge in [-0.05, 0) is 37.9 Å². The molecule has 1 aromatic rings. The second-order valence-electron chi connectivity index (χ2n) is 4.60. The first-order chi connectivity index (χ1) is 9.36. The maximum absolute atomic E-state index is 5.81. The van der Waals surface area contributed by atoms with Crippen molar-refractivity contribution < 1.29 is 9.47 Å². The van der Waals surface area contributed by atoms with Gasteiger partial charge in [0.1, 0.15) is 11.5 Å². The van der Waals surface area contributed by atoms with Crippen LogP contribution in [-0.2, 0) is 4.74 Å². The third kappa shape index (κ3) is 3.47. The Morgan fingerprint density at radius 2 is 2.42 bits per heavy atom. The Morgan fingerprint density at radius 1 is 1.53 bits per heavy atom. The number of nitrogens with one attached hydrogen (secondary N) is 1. The van der Waals surface area contributed by atoms with E-state index < -0.39 is 0 Å². The van der Waals surface area contributed by atoms with Gasteiger partial charge in [-0.3, -0.25) is 4.98 Å². The molecule has 0 fully saturated rings. The van der Waals surface area contributed by atoms with E-state index in [0.29, 0.717) is 0 Å². The van der Waals surface area contributed by atoms with Gasteiger partial charge in [-0.2, -0.15) is 0 Å². The van der Waals surface area contributed by atoms with E-state index >= 15 is 0 Å². The SMILES string of the molecule is CCCNC(C1=CCCCO1)c1ccncc1OC. The molecule has 2 heterocycles. The van der Waals surface area contributed by atoms with Crippen molar-refractivity contribution in [3.63, 3.8) is 0 Å². The summed E-state index contributed by atoms with van der Waals surface area (Å²) in [6.45, 7) is 3.89. The molecule has 1 unspecified atom stereocenters. The summed E-state index contributed by atoms with van der Waals surface area (Å²) in [5, 5.41) is 3.53. The smallest absolute Gasteiger partial charge is 0.142 e. The van der Waals surface area contributed by atoms with E-state index in [2.05, 4.69) is 23.3 Å². The summed E-state index contributed by atoms with van der Waals surface area (Å²) in [6.07, 6.45) is 8.97. The maximum Gasteiger partial charge on any atom is 0.142 e. The van der Waals surface area contributed by atoms with E-state index in [4.69, 9.17) is 9.47 Å². The average molecular weight is 262 g/mol. The number of allylic oxidation sites excluding steroid dienone is 1. The van der Waals surface area contributed by atoms with Crippen molar-refractivity contribution >= 4 is 0 Å². The molecule has 0 radical (unpaired) electrons. The Bertz CT molecular complexity index is 432. The van der Waals surface area contributed by atoms with Crippen molar-refractivity contribution in [3.05, 3.63) is 35.9 Å².